The lowest BCUT2D eigenvalue weighted by atomic mass is 10.1. The van der Waals surface area contributed by atoms with E-state index in [4.69, 9.17) is 8.94 Å². The summed E-state index contributed by atoms with van der Waals surface area (Å²) < 4.78 is 11.3. The highest BCUT2D eigenvalue weighted by molar-refractivity contribution is 5.99. The van der Waals surface area contributed by atoms with Crippen LogP contribution in [0.3, 0.4) is 0 Å². The minimum absolute atomic E-state index is 0.0620. The van der Waals surface area contributed by atoms with Crippen LogP contribution in [0.2, 0.25) is 0 Å². The van der Waals surface area contributed by atoms with Gasteiger partial charge in [0.25, 0.3) is 5.91 Å². The van der Waals surface area contributed by atoms with Crippen molar-refractivity contribution in [2.45, 2.75) is 39.7 Å². The van der Waals surface area contributed by atoms with Crippen LogP contribution >= 0.6 is 0 Å². The summed E-state index contributed by atoms with van der Waals surface area (Å²) in [5.74, 6) is 1.11. The largest absolute Gasteiger partial charge is 0.451 e. The molecule has 1 aromatic carbocycles. The van der Waals surface area contributed by atoms with Crippen LogP contribution in [-0.2, 0) is 0 Å². The summed E-state index contributed by atoms with van der Waals surface area (Å²) in [6, 6.07) is 7.87. The van der Waals surface area contributed by atoms with Gasteiger partial charge in [0.1, 0.15) is 5.58 Å². The van der Waals surface area contributed by atoms with Crippen LogP contribution in [0, 0.1) is 20.8 Å². The van der Waals surface area contributed by atoms with Crippen LogP contribution in [0.15, 0.2) is 33.2 Å². The van der Waals surface area contributed by atoms with Gasteiger partial charge in [0.2, 0.25) is 0 Å². The summed E-state index contributed by atoms with van der Waals surface area (Å²) in [5.41, 5.74) is 3.61. The normalized spacial score (nSPS) is 17.8. The molecule has 0 aliphatic carbocycles. The monoisotopic (exact) mass is 324 g/mol. The average molecular weight is 324 g/mol. The van der Waals surface area contributed by atoms with E-state index in [9.17, 15) is 4.79 Å². The van der Waals surface area contributed by atoms with E-state index in [0.717, 1.165) is 46.4 Å². The first-order chi connectivity index (χ1) is 11.5. The molecule has 4 rings (SSSR count). The van der Waals surface area contributed by atoms with Crippen LogP contribution in [0.25, 0.3) is 11.0 Å². The fraction of sp³-hybridized carbons (Fsp3) is 0.368. The number of benzene rings is 1. The first-order valence-electron chi connectivity index (χ1n) is 8.28. The second-order valence-electron chi connectivity index (χ2n) is 6.58. The van der Waals surface area contributed by atoms with E-state index in [2.05, 4.69) is 5.16 Å². The predicted molar refractivity (Wildman–Crippen MR) is 89.9 cm³/mol. The topological polar surface area (TPSA) is 59.5 Å². The molecule has 0 unspecified atom stereocenters. The van der Waals surface area contributed by atoms with Gasteiger partial charge in [-0.1, -0.05) is 17.3 Å². The van der Waals surface area contributed by atoms with Crippen molar-refractivity contribution >= 4 is 16.9 Å². The van der Waals surface area contributed by atoms with E-state index in [1.807, 2.05) is 49.9 Å². The fourth-order valence-electron chi connectivity index (χ4n) is 3.51. The molecule has 0 bridgehead atoms. The van der Waals surface area contributed by atoms with E-state index in [0.29, 0.717) is 12.3 Å². The van der Waals surface area contributed by atoms with Gasteiger partial charge in [-0.15, -0.1) is 0 Å². The Hall–Kier alpha value is -2.56. The molecule has 1 saturated heterocycles. The molecule has 0 N–H and O–H groups in total. The highest BCUT2D eigenvalue weighted by Gasteiger charge is 2.35. The second kappa shape index (κ2) is 5.51. The number of fused-ring (bicyclic) bond motifs is 1. The van der Waals surface area contributed by atoms with E-state index in [-0.39, 0.29) is 11.9 Å². The summed E-state index contributed by atoms with van der Waals surface area (Å²) in [6.45, 7) is 6.55. The first-order valence-corrected chi connectivity index (χ1v) is 8.28. The number of aromatic nitrogens is 1. The van der Waals surface area contributed by atoms with Crippen molar-refractivity contribution in [3.8, 4) is 0 Å². The lowest BCUT2D eigenvalue weighted by Crippen LogP contribution is -2.30. The minimum atomic E-state index is -0.0714. The number of aryl methyl sites for hydroxylation is 3. The first kappa shape index (κ1) is 15.0. The highest BCUT2D eigenvalue weighted by Crippen LogP contribution is 2.35. The predicted octanol–water partition coefficient (Wildman–Crippen LogP) is 4.32. The SMILES string of the molecule is Cc1ccc2c(C)c(C(=O)N3CCC[C@@H]3c3cc(C)no3)oc2c1. The molecule has 1 amide bonds. The standard InChI is InChI=1S/C19H20N2O3/c1-11-6-7-14-13(3)18(23-16(14)9-11)19(22)21-8-4-5-15(21)17-10-12(2)20-24-17/h6-7,9-10,15H,4-5,8H2,1-3H3/t15-/m1/s1. The number of likely N-dealkylation sites (tertiary alicyclic amines) is 1. The zero-order chi connectivity index (χ0) is 16.8. The molecular weight excluding hydrogens is 304 g/mol. The number of carbonyl (C=O) groups excluding carboxylic acids is 1. The molecule has 0 saturated carbocycles. The molecule has 1 fully saturated rings. The Morgan fingerprint density at radius 3 is 2.83 bits per heavy atom. The van der Waals surface area contributed by atoms with Gasteiger partial charge >= 0.3 is 0 Å². The van der Waals surface area contributed by atoms with Gasteiger partial charge in [-0.25, -0.2) is 0 Å². The molecule has 124 valence electrons. The third-order valence-corrected chi connectivity index (χ3v) is 4.78. The second-order valence-corrected chi connectivity index (χ2v) is 6.58. The van der Waals surface area contributed by atoms with E-state index in [1.165, 1.54) is 0 Å². The number of rotatable bonds is 2. The number of amides is 1. The molecule has 0 radical (unpaired) electrons. The zero-order valence-corrected chi connectivity index (χ0v) is 14.1. The third-order valence-electron chi connectivity index (χ3n) is 4.78. The smallest absolute Gasteiger partial charge is 0.290 e. The number of furan rings is 1. The summed E-state index contributed by atoms with van der Waals surface area (Å²) in [7, 11) is 0. The van der Waals surface area contributed by atoms with E-state index < -0.39 is 0 Å². The maximum Gasteiger partial charge on any atom is 0.290 e. The summed E-state index contributed by atoms with van der Waals surface area (Å²) >= 11 is 0. The third kappa shape index (κ3) is 2.31. The lowest BCUT2D eigenvalue weighted by Gasteiger charge is -2.21. The zero-order valence-electron chi connectivity index (χ0n) is 14.1. The molecular formula is C19H20N2O3. The quantitative estimate of drug-likeness (QED) is 0.704. The average Bonchev–Trinajstić information content (AvgIpc) is 3.25. The van der Waals surface area contributed by atoms with Crippen molar-refractivity contribution in [1.29, 1.82) is 0 Å². The number of carbonyl (C=O) groups is 1. The van der Waals surface area contributed by atoms with Gasteiger partial charge in [-0.2, -0.15) is 0 Å². The van der Waals surface area contributed by atoms with E-state index in [1.54, 1.807) is 0 Å². The highest BCUT2D eigenvalue weighted by atomic mass is 16.5. The molecule has 24 heavy (non-hydrogen) atoms. The fourth-order valence-corrected chi connectivity index (χ4v) is 3.51. The number of nitrogens with zero attached hydrogens (tertiary/aromatic N) is 2. The van der Waals surface area contributed by atoms with Crippen molar-refractivity contribution in [2.75, 3.05) is 6.54 Å². The lowest BCUT2D eigenvalue weighted by molar-refractivity contribution is 0.0683. The van der Waals surface area contributed by atoms with Gasteiger partial charge < -0.3 is 13.8 Å². The van der Waals surface area contributed by atoms with Gasteiger partial charge in [0.15, 0.2) is 11.5 Å². The summed E-state index contributed by atoms with van der Waals surface area (Å²) in [6.07, 6.45) is 1.84. The Balaban J connectivity index is 1.71. The Labute approximate surface area is 140 Å². The summed E-state index contributed by atoms with van der Waals surface area (Å²) in [4.78, 5) is 14.9. The number of hydrogen-bond acceptors (Lipinski definition) is 4. The van der Waals surface area contributed by atoms with Crippen LogP contribution in [0.1, 0.15) is 52.0 Å². The van der Waals surface area contributed by atoms with Crippen LogP contribution in [-0.4, -0.2) is 22.5 Å². The van der Waals surface area contributed by atoms with Crippen molar-refractivity contribution in [1.82, 2.24) is 10.1 Å². The summed E-state index contributed by atoms with van der Waals surface area (Å²) in [5, 5.41) is 4.95. The molecule has 5 nitrogen and oxygen atoms in total. The van der Waals surface area contributed by atoms with Gasteiger partial charge in [-0.3, -0.25) is 4.79 Å². The van der Waals surface area contributed by atoms with Crippen molar-refractivity contribution in [3.05, 3.63) is 52.6 Å². The van der Waals surface area contributed by atoms with Crippen molar-refractivity contribution in [3.63, 3.8) is 0 Å². The Morgan fingerprint density at radius 2 is 2.08 bits per heavy atom. The molecule has 1 atom stereocenters. The van der Waals surface area contributed by atoms with Crippen molar-refractivity contribution in [2.24, 2.45) is 0 Å². The molecule has 5 heteroatoms. The molecule has 3 heterocycles. The van der Waals surface area contributed by atoms with Crippen LogP contribution < -0.4 is 0 Å². The van der Waals surface area contributed by atoms with Crippen LogP contribution in [0.4, 0.5) is 0 Å². The maximum absolute atomic E-state index is 13.1. The molecule has 3 aromatic rings. The van der Waals surface area contributed by atoms with E-state index >= 15 is 0 Å². The maximum atomic E-state index is 13.1. The Kier molecular flexibility index (Phi) is 3.44. The van der Waals surface area contributed by atoms with Crippen LogP contribution in [0.5, 0.6) is 0 Å². The molecule has 1 aliphatic rings. The van der Waals surface area contributed by atoms with Crippen molar-refractivity contribution < 1.29 is 13.7 Å². The van der Waals surface area contributed by atoms with Gasteiger partial charge in [0, 0.05) is 23.6 Å². The Morgan fingerprint density at radius 1 is 1.25 bits per heavy atom. The number of hydrogen-bond donors (Lipinski definition) is 0. The van der Waals surface area contributed by atoms with Gasteiger partial charge in [0.05, 0.1) is 11.7 Å². The minimum Gasteiger partial charge on any atom is -0.451 e. The Bertz CT molecular complexity index is 922. The molecule has 0 spiro atoms. The molecule has 1 aliphatic heterocycles. The van der Waals surface area contributed by atoms with Gasteiger partial charge in [-0.05, 0) is 45.2 Å². The molecule has 2 aromatic heterocycles.